The number of likely N-dealkylation sites (tertiary alicyclic amines) is 1. The van der Waals surface area contributed by atoms with Crippen LogP contribution in [0.2, 0.25) is 0 Å². The number of piperidine rings is 1. The van der Waals surface area contributed by atoms with Gasteiger partial charge in [-0.3, -0.25) is 14.5 Å². The summed E-state index contributed by atoms with van der Waals surface area (Å²) in [6.07, 6.45) is 0.534. The van der Waals surface area contributed by atoms with Gasteiger partial charge in [-0.25, -0.2) is 8.78 Å². The molecule has 0 radical (unpaired) electrons. The van der Waals surface area contributed by atoms with Gasteiger partial charge in [0.05, 0.1) is 0 Å². The number of amides is 2. The van der Waals surface area contributed by atoms with Crippen LogP contribution in [0.15, 0.2) is 18.2 Å². The summed E-state index contributed by atoms with van der Waals surface area (Å²) in [4.78, 5) is 25.2. The molecule has 0 bridgehead atoms. The number of hydrogen-bond acceptors (Lipinski definition) is 3. The number of imide groups is 1. The topological polar surface area (TPSA) is 63.4 Å². The Kier molecular flexibility index (Phi) is 4.09. The smallest absolute Gasteiger partial charge is 0.229 e. The standard InChI is InChI=1S/C15H18F2N2O2/c1-15(2)6-13(20)19(14(21)7-15)8-12(18)9-3-4-10(16)11(17)5-9/h3-5,12H,6-8,18H2,1-2H3. The van der Waals surface area contributed by atoms with Crippen molar-refractivity contribution in [3.05, 3.63) is 35.4 Å². The zero-order valence-corrected chi connectivity index (χ0v) is 12.0. The molecule has 1 aromatic carbocycles. The van der Waals surface area contributed by atoms with Gasteiger partial charge in [0.15, 0.2) is 11.6 Å². The second kappa shape index (κ2) is 5.52. The molecule has 1 fully saturated rings. The summed E-state index contributed by atoms with van der Waals surface area (Å²) in [6.45, 7) is 3.68. The third-order valence-corrected chi connectivity index (χ3v) is 3.61. The van der Waals surface area contributed by atoms with E-state index in [9.17, 15) is 18.4 Å². The highest BCUT2D eigenvalue weighted by atomic mass is 19.2. The van der Waals surface area contributed by atoms with Gasteiger partial charge in [0.25, 0.3) is 0 Å². The molecule has 6 heteroatoms. The first-order valence-corrected chi connectivity index (χ1v) is 6.73. The van der Waals surface area contributed by atoms with Gasteiger partial charge in [-0.15, -0.1) is 0 Å². The molecule has 0 aromatic heterocycles. The number of benzene rings is 1. The Balaban J connectivity index is 2.12. The maximum absolute atomic E-state index is 13.2. The molecule has 2 N–H and O–H groups in total. The van der Waals surface area contributed by atoms with Crippen molar-refractivity contribution < 1.29 is 18.4 Å². The fourth-order valence-electron chi connectivity index (χ4n) is 2.46. The van der Waals surface area contributed by atoms with Gasteiger partial charge in [0, 0.05) is 25.4 Å². The predicted molar refractivity (Wildman–Crippen MR) is 73.0 cm³/mol. The van der Waals surface area contributed by atoms with Crippen molar-refractivity contribution in [2.45, 2.75) is 32.7 Å². The Morgan fingerprint density at radius 1 is 1.19 bits per heavy atom. The lowest BCUT2D eigenvalue weighted by Gasteiger charge is -2.35. The maximum Gasteiger partial charge on any atom is 0.229 e. The molecule has 1 aliphatic heterocycles. The van der Waals surface area contributed by atoms with Crippen molar-refractivity contribution in [2.24, 2.45) is 11.1 Å². The van der Waals surface area contributed by atoms with Crippen LogP contribution in [-0.4, -0.2) is 23.3 Å². The molecule has 114 valence electrons. The van der Waals surface area contributed by atoms with Gasteiger partial charge < -0.3 is 5.73 Å². The first-order valence-electron chi connectivity index (χ1n) is 6.73. The van der Waals surface area contributed by atoms with Gasteiger partial charge in [-0.2, -0.15) is 0 Å². The highest BCUT2D eigenvalue weighted by molar-refractivity contribution is 5.98. The minimum absolute atomic E-state index is 0.0289. The van der Waals surface area contributed by atoms with Crippen LogP contribution in [0.3, 0.4) is 0 Å². The Hall–Kier alpha value is -1.82. The van der Waals surface area contributed by atoms with Crippen molar-refractivity contribution in [1.82, 2.24) is 4.90 Å². The summed E-state index contributed by atoms with van der Waals surface area (Å²) in [7, 11) is 0. The Morgan fingerprint density at radius 3 is 2.29 bits per heavy atom. The minimum Gasteiger partial charge on any atom is -0.322 e. The monoisotopic (exact) mass is 296 g/mol. The number of halogens is 2. The number of nitrogens with zero attached hydrogens (tertiary/aromatic N) is 1. The molecular weight excluding hydrogens is 278 g/mol. The second-order valence-corrected chi connectivity index (χ2v) is 6.20. The van der Waals surface area contributed by atoms with Crippen LogP contribution >= 0.6 is 0 Å². The molecule has 0 spiro atoms. The zero-order chi connectivity index (χ0) is 15.8. The van der Waals surface area contributed by atoms with Crippen LogP contribution in [-0.2, 0) is 9.59 Å². The molecule has 1 unspecified atom stereocenters. The third kappa shape index (κ3) is 3.44. The van der Waals surface area contributed by atoms with Crippen LogP contribution in [0, 0.1) is 17.0 Å². The largest absolute Gasteiger partial charge is 0.322 e. The van der Waals surface area contributed by atoms with Crippen LogP contribution < -0.4 is 5.73 Å². The lowest BCUT2D eigenvalue weighted by atomic mass is 9.81. The molecule has 4 nitrogen and oxygen atoms in total. The predicted octanol–water partition coefficient (Wildman–Crippen LogP) is 2.14. The highest BCUT2D eigenvalue weighted by Gasteiger charge is 2.37. The summed E-state index contributed by atoms with van der Waals surface area (Å²) in [5, 5.41) is 0. The molecule has 21 heavy (non-hydrogen) atoms. The van der Waals surface area contributed by atoms with Gasteiger partial charge in [0.2, 0.25) is 11.8 Å². The molecule has 1 aliphatic rings. The summed E-state index contributed by atoms with van der Waals surface area (Å²) >= 11 is 0. The van der Waals surface area contributed by atoms with Crippen LogP contribution in [0.1, 0.15) is 38.3 Å². The second-order valence-electron chi connectivity index (χ2n) is 6.20. The molecule has 2 amide bonds. The van der Waals surface area contributed by atoms with E-state index in [-0.39, 0.29) is 36.6 Å². The van der Waals surface area contributed by atoms with Crippen LogP contribution in [0.5, 0.6) is 0 Å². The van der Waals surface area contributed by atoms with E-state index in [0.29, 0.717) is 5.56 Å². The molecule has 1 saturated heterocycles. The molecule has 1 aromatic rings. The van der Waals surface area contributed by atoms with Crippen molar-refractivity contribution in [3.8, 4) is 0 Å². The van der Waals surface area contributed by atoms with Crippen molar-refractivity contribution in [1.29, 1.82) is 0 Å². The number of nitrogens with two attached hydrogens (primary N) is 1. The molecule has 0 aliphatic carbocycles. The molecular formula is C15H18F2N2O2. The third-order valence-electron chi connectivity index (χ3n) is 3.61. The van der Waals surface area contributed by atoms with E-state index in [1.807, 2.05) is 13.8 Å². The fraction of sp³-hybridized carbons (Fsp3) is 0.467. The van der Waals surface area contributed by atoms with E-state index < -0.39 is 17.7 Å². The summed E-state index contributed by atoms with van der Waals surface area (Å²) < 4.78 is 26.1. The lowest BCUT2D eigenvalue weighted by molar-refractivity contribution is -0.152. The SMILES string of the molecule is CC1(C)CC(=O)N(CC(N)c2ccc(F)c(F)c2)C(=O)C1. The van der Waals surface area contributed by atoms with Gasteiger partial charge in [-0.1, -0.05) is 19.9 Å². The highest BCUT2D eigenvalue weighted by Crippen LogP contribution is 2.32. The Bertz CT molecular complexity index is 567. The number of rotatable bonds is 3. The van der Waals surface area contributed by atoms with E-state index in [2.05, 4.69) is 0 Å². The molecule has 1 heterocycles. The fourth-order valence-corrected chi connectivity index (χ4v) is 2.46. The van der Waals surface area contributed by atoms with E-state index >= 15 is 0 Å². The van der Waals surface area contributed by atoms with E-state index in [1.54, 1.807) is 0 Å². The first-order chi connectivity index (χ1) is 9.69. The number of carbonyl (C=O) groups excluding carboxylic acids is 2. The summed E-state index contributed by atoms with van der Waals surface area (Å²) in [5.41, 5.74) is 5.90. The first kappa shape index (κ1) is 15.6. The average molecular weight is 296 g/mol. The number of hydrogen-bond donors (Lipinski definition) is 1. The normalized spacial score (nSPS) is 19.8. The Morgan fingerprint density at radius 2 is 1.76 bits per heavy atom. The molecule has 1 atom stereocenters. The Labute approximate surface area is 121 Å². The van der Waals surface area contributed by atoms with E-state index in [0.717, 1.165) is 17.0 Å². The van der Waals surface area contributed by atoms with Gasteiger partial charge in [0.1, 0.15) is 0 Å². The minimum atomic E-state index is -1.000. The van der Waals surface area contributed by atoms with Crippen LogP contribution in [0.4, 0.5) is 8.78 Å². The van der Waals surface area contributed by atoms with Gasteiger partial charge in [-0.05, 0) is 23.1 Å². The van der Waals surface area contributed by atoms with E-state index in [1.165, 1.54) is 6.07 Å². The zero-order valence-electron chi connectivity index (χ0n) is 12.0. The molecule has 2 rings (SSSR count). The van der Waals surface area contributed by atoms with Gasteiger partial charge >= 0.3 is 0 Å². The van der Waals surface area contributed by atoms with E-state index in [4.69, 9.17) is 5.73 Å². The summed E-state index contributed by atoms with van der Waals surface area (Å²) in [6, 6.07) is 2.58. The summed E-state index contributed by atoms with van der Waals surface area (Å²) in [5.74, 6) is -2.53. The lowest BCUT2D eigenvalue weighted by Crippen LogP contribution is -2.48. The van der Waals surface area contributed by atoms with Crippen LogP contribution in [0.25, 0.3) is 0 Å². The molecule has 0 saturated carbocycles. The van der Waals surface area contributed by atoms with Crippen molar-refractivity contribution in [3.63, 3.8) is 0 Å². The quantitative estimate of drug-likeness (QED) is 0.869. The van der Waals surface area contributed by atoms with Crippen molar-refractivity contribution in [2.75, 3.05) is 6.54 Å². The van der Waals surface area contributed by atoms with Crippen molar-refractivity contribution >= 4 is 11.8 Å². The average Bonchev–Trinajstić information content (AvgIpc) is 2.35. The number of carbonyl (C=O) groups is 2. The maximum atomic E-state index is 13.2.